The van der Waals surface area contributed by atoms with Crippen LogP contribution in [0, 0.1) is 29.5 Å². The number of rotatable bonds is 4. The van der Waals surface area contributed by atoms with Gasteiger partial charge in [0.2, 0.25) is 0 Å². The van der Waals surface area contributed by atoms with Crippen molar-refractivity contribution in [2.45, 2.75) is 56.2 Å². The lowest BCUT2D eigenvalue weighted by molar-refractivity contribution is -0.0423. The van der Waals surface area contributed by atoms with Crippen molar-refractivity contribution >= 4 is 23.2 Å². The van der Waals surface area contributed by atoms with Crippen molar-refractivity contribution in [2.24, 2.45) is 18.9 Å². The Morgan fingerprint density at radius 2 is 2.00 bits per heavy atom. The number of hydrogen-bond acceptors (Lipinski definition) is 4. The Hall–Kier alpha value is -2.54. The molecule has 1 aromatic carbocycles. The number of halogens is 4. The van der Waals surface area contributed by atoms with Crippen molar-refractivity contribution in [3.05, 3.63) is 46.8 Å². The quantitative estimate of drug-likeness (QED) is 0.557. The van der Waals surface area contributed by atoms with Gasteiger partial charge in [-0.1, -0.05) is 23.4 Å². The summed E-state index contributed by atoms with van der Waals surface area (Å²) in [6.07, 6.45) is 0.475. The minimum Gasteiger partial charge on any atom is -0.378 e. The first-order valence-corrected chi connectivity index (χ1v) is 11.3. The Bertz CT molecular complexity index is 1160. The molecule has 0 saturated heterocycles. The van der Waals surface area contributed by atoms with Crippen LogP contribution in [0.25, 0.3) is 0 Å². The molecule has 1 aromatic heterocycles. The van der Waals surface area contributed by atoms with E-state index in [0.29, 0.717) is 42.8 Å². The maximum Gasteiger partial charge on any atom is 0.277 e. The normalized spacial score (nSPS) is 27.7. The molecule has 2 unspecified atom stereocenters. The Labute approximate surface area is 200 Å². The molecule has 0 spiro atoms. The molecule has 182 valence electrons. The number of nitrogens with one attached hydrogen (secondary N) is 1. The average molecular weight is 496 g/mol. The topological polar surface area (TPSA) is 87.4 Å². The van der Waals surface area contributed by atoms with E-state index < -0.39 is 29.4 Å². The molecular weight excluding hydrogens is 471 g/mol. The first kappa shape index (κ1) is 24.6. The summed E-state index contributed by atoms with van der Waals surface area (Å²) in [6.45, 7) is 0.924. The van der Waals surface area contributed by atoms with Crippen molar-refractivity contribution in [3.8, 4) is 11.8 Å². The van der Waals surface area contributed by atoms with E-state index in [4.69, 9.17) is 11.6 Å². The SMILES string of the molecule is Cn1cnc(C2CC3CC(O)(C#C[C@@](C)(O)C(F)F)CC3C2)c1C(=O)Nc1ccc(F)c(Cl)c1. The zero-order valence-corrected chi connectivity index (χ0v) is 19.4. The number of fused-ring (bicyclic) bond motifs is 1. The number of hydrogen-bond donors (Lipinski definition) is 3. The predicted octanol–water partition coefficient (Wildman–Crippen LogP) is 4.12. The minimum atomic E-state index is -3.03. The Kier molecular flexibility index (Phi) is 6.44. The van der Waals surface area contributed by atoms with Crippen molar-refractivity contribution in [1.29, 1.82) is 0 Å². The number of carbonyl (C=O) groups excluding carboxylic acids is 1. The fourth-order valence-corrected chi connectivity index (χ4v) is 5.25. The van der Waals surface area contributed by atoms with E-state index in [1.807, 2.05) is 0 Å². The van der Waals surface area contributed by atoms with Crippen LogP contribution in [0.4, 0.5) is 18.9 Å². The van der Waals surface area contributed by atoms with Gasteiger partial charge in [-0.15, -0.1) is 0 Å². The van der Waals surface area contributed by atoms with Crippen molar-refractivity contribution in [3.63, 3.8) is 0 Å². The Morgan fingerprint density at radius 3 is 2.59 bits per heavy atom. The Balaban J connectivity index is 1.47. The number of aryl methyl sites for hydroxylation is 1. The second-order valence-electron chi connectivity index (χ2n) is 9.50. The number of amides is 1. The highest BCUT2D eigenvalue weighted by Gasteiger charge is 2.49. The molecule has 1 heterocycles. The van der Waals surface area contributed by atoms with Crippen LogP contribution < -0.4 is 5.32 Å². The van der Waals surface area contributed by atoms with Gasteiger partial charge >= 0.3 is 0 Å². The zero-order chi connectivity index (χ0) is 24.8. The van der Waals surface area contributed by atoms with Crippen LogP contribution in [0.2, 0.25) is 5.02 Å². The van der Waals surface area contributed by atoms with Crippen molar-refractivity contribution in [1.82, 2.24) is 9.55 Å². The molecule has 0 bridgehead atoms. The van der Waals surface area contributed by atoms with E-state index >= 15 is 0 Å². The number of alkyl halides is 2. The second kappa shape index (κ2) is 8.91. The molecule has 2 aliphatic carbocycles. The third-order valence-corrected chi connectivity index (χ3v) is 7.05. The van der Waals surface area contributed by atoms with Gasteiger partial charge in [-0.2, -0.15) is 0 Å². The van der Waals surface area contributed by atoms with E-state index in [2.05, 4.69) is 22.1 Å². The maximum atomic E-state index is 13.4. The van der Waals surface area contributed by atoms with Gasteiger partial charge in [0.15, 0.2) is 5.60 Å². The molecule has 2 aromatic rings. The molecule has 2 saturated carbocycles. The molecule has 4 rings (SSSR count). The van der Waals surface area contributed by atoms with Gasteiger partial charge < -0.3 is 20.1 Å². The molecule has 0 aliphatic heterocycles. The van der Waals surface area contributed by atoms with Gasteiger partial charge in [0.25, 0.3) is 12.3 Å². The molecule has 0 radical (unpaired) electrons. The first-order chi connectivity index (χ1) is 15.9. The summed E-state index contributed by atoms with van der Waals surface area (Å²) in [5.74, 6) is 3.81. The number of aliphatic hydroxyl groups is 2. The number of anilines is 1. The number of benzene rings is 1. The van der Waals surface area contributed by atoms with Crippen LogP contribution >= 0.6 is 11.6 Å². The molecule has 2 aliphatic rings. The highest BCUT2D eigenvalue weighted by molar-refractivity contribution is 6.31. The molecule has 3 N–H and O–H groups in total. The number of carbonyl (C=O) groups is 1. The van der Waals surface area contributed by atoms with Crippen LogP contribution in [0.3, 0.4) is 0 Å². The van der Waals surface area contributed by atoms with Crippen molar-refractivity contribution < 1.29 is 28.2 Å². The van der Waals surface area contributed by atoms with Gasteiger partial charge in [-0.05, 0) is 62.6 Å². The molecule has 10 heteroatoms. The smallest absolute Gasteiger partial charge is 0.277 e. The monoisotopic (exact) mass is 495 g/mol. The summed E-state index contributed by atoms with van der Waals surface area (Å²) in [5, 5.41) is 23.1. The minimum absolute atomic E-state index is 0.0181. The molecular formula is C24H25ClF3N3O3. The van der Waals surface area contributed by atoms with Crippen LogP contribution in [0.15, 0.2) is 24.5 Å². The number of aromatic nitrogens is 2. The lowest BCUT2D eigenvalue weighted by Crippen LogP contribution is -2.33. The van der Waals surface area contributed by atoms with E-state index in [1.165, 1.54) is 18.2 Å². The van der Waals surface area contributed by atoms with E-state index in [0.717, 1.165) is 6.92 Å². The van der Waals surface area contributed by atoms with Crippen LogP contribution in [0.1, 0.15) is 54.7 Å². The summed E-state index contributed by atoms with van der Waals surface area (Å²) >= 11 is 5.80. The highest BCUT2D eigenvalue weighted by Crippen LogP contribution is 2.53. The molecule has 1 amide bonds. The lowest BCUT2D eigenvalue weighted by Gasteiger charge is -2.20. The van der Waals surface area contributed by atoms with Gasteiger partial charge in [0.05, 0.1) is 17.0 Å². The van der Waals surface area contributed by atoms with E-state index in [9.17, 15) is 28.2 Å². The van der Waals surface area contributed by atoms with Crippen molar-refractivity contribution in [2.75, 3.05) is 5.32 Å². The fraction of sp³-hybridized carbons (Fsp3) is 0.500. The van der Waals surface area contributed by atoms with Crippen LogP contribution in [-0.2, 0) is 7.05 Å². The zero-order valence-electron chi connectivity index (χ0n) is 18.7. The third-order valence-electron chi connectivity index (χ3n) is 6.76. The molecule has 34 heavy (non-hydrogen) atoms. The average Bonchev–Trinajstić information content (AvgIpc) is 3.40. The lowest BCUT2D eigenvalue weighted by atomic mass is 9.92. The molecule has 3 atom stereocenters. The standard InChI is InChI=1S/C24H25ClF3N3O3/c1-23(33,22(27)28)5-6-24(34)10-14-7-13(8-15(14)11-24)19-20(31(2)12-29-19)21(32)30-16-3-4-18(26)17(25)9-16/h3-4,9,12-15,22,33-34H,7-8,10-11H2,1-2H3,(H,30,32)/t13?,14?,15?,23-,24?/m1/s1. The maximum absolute atomic E-state index is 13.4. The summed E-state index contributed by atoms with van der Waals surface area (Å²) < 4.78 is 40.8. The van der Waals surface area contributed by atoms with Gasteiger partial charge in [-0.3, -0.25) is 4.79 Å². The molecule has 2 fully saturated rings. The van der Waals surface area contributed by atoms with Crippen LogP contribution in [-0.4, -0.2) is 43.3 Å². The van der Waals surface area contributed by atoms with E-state index in [-0.39, 0.29) is 22.8 Å². The summed E-state index contributed by atoms with van der Waals surface area (Å²) in [4.78, 5) is 17.5. The highest BCUT2D eigenvalue weighted by atomic mass is 35.5. The predicted molar refractivity (Wildman–Crippen MR) is 120 cm³/mol. The fourth-order valence-electron chi connectivity index (χ4n) is 5.07. The van der Waals surface area contributed by atoms with Gasteiger partial charge in [0.1, 0.15) is 17.1 Å². The van der Waals surface area contributed by atoms with E-state index in [1.54, 1.807) is 17.9 Å². The number of imidazole rings is 1. The molecule has 6 nitrogen and oxygen atoms in total. The third kappa shape index (κ3) is 4.81. The largest absolute Gasteiger partial charge is 0.378 e. The summed E-state index contributed by atoms with van der Waals surface area (Å²) in [7, 11) is 1.71. The number of nitrogens with zero attached hydrogens (tertiary/aromatic N) is 2. The second-order valence-corrected chi connectivity index (χ2v) is 9.91. The Morgan fingerprint density at radius 1 is 1.35 bits per heavy atom. The summed E-state index contributed by atoms with van der Waals surface area (Å²) in [6, 6.07) is 3.92. The van der Waals surface area contributed by atoms with Crippen LogP contribution in [0.5, 0.6) is 0 Å². The van der Waals surface area contributed by atoms with Gasteiger partial charge in [-0.25, -0.2) is 18.2 Å². The van der Waals surface area contributed by atoms with Gasteiger partial charge in [0, 0.05) is 18.7 Å². The summed E-state index contributed by atoms with van der Waals surface area (Å²) in [5.41, 5.74) is -2.52. The first-order valence-electron chi connectivity index (χ1n) is 10.9.